The molecule has 58 heavy (non-hydrogen) atoms. The molecule has 0 aliphatic rings. The molecular weight excluding hydrogens is 750 g/mol. The van der Waals surface area contributed by atoms with Gasteiger partial charge in [0.05, 0.1) is 27.7 Å². The van der Waals surface area contributed by atoms with Crippen LogP contribution in [-0.4, -0.2) is 74.9 Å². The summed E-state index contributed by atoms with van der Waals surface area (Å²) in [6, 6.07) is 0. The Labute approximate surface area is 357 Å². The first-order valence-corrected chi connectivity index (χ1v) is 25.2. The molecule has 0 bridgehead atoms. The van der Waals surface area contributed by atoms with Crippen LogP contribution in [0.2, 0.25) is 0 Å². The van der Waals surface area contributed by atoms with Crippen molar-refractivity contribution in [3.05, 3.63) is 36.5 Å². The van der Waals surface area contributed by atoms with Gasteiger partial charge in [-0.2, -0.15) is 0 Å². The van der Waals surface area contributed by atoms with Gasteiger partial charge in [0.1, 0.15) is 19.8 Å². The Bertz CT molecular complexity index is 1090. The molecule has 0 heterocycles. The van der Waals surface area contributed by atoms with Crippen LogP contribution in [0.4, 0.5) is 0 Å². The third-order valence-electron chi connectivity index (χ3n) is 10.2. The van der Waals surface area contributed by atoms with Gasteiger partial charge in [-0.3, -0.25) is 18.6 Å². The lowest BCUT2D eigenvalue weighted by Crippen LogP contribution is -2.37. The van der Waals surface area contributed by atoms with Crippen LogP contribution in [0.25, 0.3) is 0 Å². The summed E-state index contributed by atoms with van der Waals surface area (Å²) in [7, 11) is 1.48. The standard InChI is InChI=1S/C48H90NO8P/c1-6-8-10-12-14-16-17-18-19-20-21-22-23-24-25-26-27-28-29-30-31-33-35-37-39-41-48(51)57-46(45-56-58(52,53)55-43-42-49(3,4)5)44-54-47(50)40-38-36-34-32-15-13-11-9-7-2/h17-18,20-21,23-24,46H,6-16,19,22,25-45H2,1-5H3/p+1/b18-17-,21-20-,24-23-. The van der Waals surface area contributed by atoms with E-state index >= 15 is 0 Å². The first-order chi connectivity index (χ1) is 28.0. The van der Waals surface area contributed by atoms with Crippen LogP contribution in [-0.2, 0) is 32.7 Å². The zero-order valence-corrected chi connectivity index (χ0v) is 39.2. The van der Waals surface area contributed by atoms with E-state index in [1.54, 1.807) is 0 Å². The number of carbonyl (C=O) groups excluding carboxylic acids is 2. The maximum Gasteiger partial charge on any atom is 0.472 e. The molecule has 0 aromatic rings. The van der Waals surface area contributed by atoms with E-state index < -0.39 is 26.5 Å². The highest BCUT2D eigenvalue weighted by atomic mass is 31.2. The van der Waals surface area contributed by atoms with E-state index in [1.165, 1.54) is 122 Å². The summed E-state index contributed by atoms with van der Waals surface area (Å²) >= 11 is 0. The van der Waals surface area contributed by atoms with Crippen LogP contribution in [0.1, 0.15) is 206 Å². The SMILES string of the molecule is CCCCCCC/C=C\C/C=C\C/C=C\CCCCCCCCCCCCC(=O)OC(COC(=O)CCCCCCCCCCC)COP(=O)(O)OCC[N+](C)(C)C. The zero-order valence-electron chi connectivity index (χ0n) is 38.3. The molecule has 0 radical (unpaired) electrons. The Hall–Kier alpha value is -1.77. The lowest BCUT2D eigenvalue weighted by Gasteiger charge is -2.24. The minimum atomic E-state index is -4.37. The average molecular weight is 841 g/mol. The van der Waals surface area contributed by atoms with Crippen LogP contribution >= 0.6 is 7.82 Å². The quantitative estimate of drug-likeness (QED) is 0.0213. The number of likely N-dealkylation sites (N-methyl/N-ethyl adjacent to an activating group) is 1. The van der Waals surface area contributed by atoms with E-state index in [2.05, 4.69) is 50.3 Å². The summed E-state index contributed by atoms with van der Waals surface area (Å²) in [6.45, 7) is 4.39. The van der Waals surface area contributed by atoms with Crippen molar-refractivity contribution in [1.82, 2.24) is 0 Å². The van der Waals surface area contributed by atoms with E-state index in [0.29, 0.717) is 17.4 Å². The topological polar surface area (TPSA) is 108 Å². The molecule has 0 aromatic heterocycles. The number of nitrogens with zero attached hydrogens (tertiary/aromatic N) is 1. The summed E-state index contributed by atoms with van der Waals surface area (Å²) < 4.78 is 34.3. The Kier molecular flexibility index (Phi) is 39.4. The van der Waals surface area contributed by atoms with Crippen molar-refractivity contribution >= 4 is 19.8 Å². The highest BCUT2D eigenvalue weighted by molar-refractivity contribution is 7.47. The number of hydrogen-bond donors (Lipinski definition) is 1. The number of hydrogen-bond acceptors (Lipinski definition) is 7. The first kappa shape index (κ1) is 56.2. The molecule has 0 rings (SSSR count). The van der Waals surface area contributed by atoms with Crippen LogP contribution < -0.4 is 0 Å². The second kappa shape index (κ2) is 40.6. The predicted molar refractivity (Wildman–Crippen MR) is 243 cm³/mol. The molecule has 0 saturated carbocycles. The molecular formula is C48H91NO8P+. The van der Waals surface area contributed by atoms with Gasteiger partial charge in [-0.25, -0.2) is 4.57 Å². The van der Waals surface area contributed by atoms with Gasteiger partial charge in [0.25, 0.3) is 0 Å². The highest BCUT2D eigenvalue weighted by Gasteiger charge is 2.27. The van der Waals surface area contributed by atoms with Gasteiger partial charge in [0.2, 0.25) is 0 Å². The normalized spacial score (nSPS) is 13.8. The van der Waals surface area contributed by atoms with Gasteiger partial charge < -0.3 is 18.9 Å². The molecule has 10 heteroatoms. The van der Waals surface area contributed by atoms with Crippen LogP contribution in [0.3, 0.4) is 0 Å². The minimum Gasteiger partial charge on any atom is -0.462 e. The lowest BCUT2D eigenvalue weighted by atomic mass is 10.0. The second-order valence-electron chi connectivity index (χ2n) is 17.1. The smallest absolute Gasteiger partial charge is 0.462 e. The molecule has 9 nitrogen and oxygen atoms in total. The van der Waals surface area contributed by atoms with Gasteiger partial charge in [-0.15, -0.1) is 0 Å². The fourth-order valence-electron chi connectivity index (χ4n) is 6.43. The molecule has 0 aliphatic carbocycles. The largest absolute Gasteiger partial charge is 0.472 e. The minimum absolute atomic E-state index is 0.0316. The molecule has 0 saturated heterocycles. The molecule has 2 atom stereocenters. The summed E-state index contributed by atoms with van der Waals surface area (Å²) in [6.07, 6.45) is 46.3. The molecule has 0 aromatic carbocycles. The number of phosphoric ester groups is 1. The predicted octanol–water partition coefficient (Wildman–Crippen LogP) is 13.7. The van der Waals surface area contributed by atoms with Crippen molar-refractivity contribution in [1.29, 1.82) is 0 Å². The van der Waals surface area contributed by atoms with E-state index in [-0.39, 0.29) is 32.0 Å². The molecule has 2 unspecified atom stereocenters. The average Bonchev–Trinajstić information content (AvgIpc) is 3.17. The Morgan fingerprint density at radius 3 is 1.38 bits per heavy atom. The second-order valence-corrected chi connectivity index (χ2v) is 18.6. The van der Waals surface area contributed by atoms with E-state index in [9.17, 15) is 19.0 Å². The van der Waals surface area contributed by atoms with Crippen molar-refractivity contribution in [2.24, 2.45) is 0 Å². The third-order valence-corrected chi connectivity index (χ3v) is 11.2. The molecule has 340 valence electrons. The van der Waals surface area contributed by atoms with Gasteiger partial charge >= 0.3 is 19.8 Å². The van der Waals surface area contributed by atoms with Gasteiger partial charge in [0.15, 0.2) is 6.10 Å². The van der Waals surface area contributed by atoms with Crippen molar-refractivity contribution in [3.63, 3.8) is 0 Å². The maximum atomic E-state index is 12.7. The number of ether oxygens (including phenoxy) is 2. The summed E-state index contributed by atoms with van der Waals surface area (Å²) in [5.41, 5.74) is 0. The highest BCUT2D eigenvalue weighted by Crippen LogP contribution is 2.43. The van der Waals surface area contributed by atoms with Crippen LogP contribution in [0, 0.1) is 0 Å². The number of quaternary nitrogens is 1. The summed E-state index contributed by atoms with van der Waals surface area (Å²) in [5, 5.41) is 0. The van der Waals surface area contributed by atoms with Crippen LogP contribution in [0.5, 0.6) is 0 Å². The third kappa shape index (κ3) is 43.8. The number of phosphoric acid groups is 1. The summed E-state index contributed by atoms with van der Waals surface area (Å²) in [4.78, 5) is 35.3. The van der Waals surface area contributed by atoms with Crippen molar-refractivity contribution < 1.29 is 42.1 Å². The van der Waals surface area contributed by atoms with Crippen molar-refractivity contribution in [2.75, 3.05) is 47.5 Å². The van der Waals surface area contributed by atoms with E-state index in [4.69, 9.17) is 18.5 Å². The van der Waals surface area contributed by atoms with Crippen LogP contribution in [0.15, 0.2) is 36.5 Å². The first-order valence-electron chi connectivity index (χ1n) is 23.7. The molecule has 0 amide bonds. The zero-order chi connectivity index (χ0) is 42.8. The Morgan fingerprint density at radius 1 is 0.534 bits per heavy atom. The molecule has 1 N–H and O–H groups in total. The molecule has 0 aliphatic heterocycles. The van der Waals surface area contributed by atoms with Gasteiger partial charge in [-0.1, -0.05) is 179 Å². The van der Waals surface area contributed by atoms with Crippen molar-refractivity contribution in [2.45, 2.75) is 213 Å². The number of allylic oxidation sites excluding steroid dienone is 6. The number of carbonyl (C=O) groups is 2. The van der Waals surface area contributed by atoms with E-state index in [0.717, 1.165) is 51.4 Å². The molecule has 0 fully saturated rings. The Balaban J connectivity index is 4.18. The molecule has 0 spiro atoms. The van der Waals surface area contributed by atoms with E-state index in [1.807, 2.05) is 21.1 Å². The fraction of sp³-hybridized carbons (Fsp3) is 0.833. The lowest BCUT2D eigenvalue weighted by molar-refractivity contribution is -0.870. The number of esters is 2. The van der Waals surface area contributed by atoms with Crippen molar-refractivity contribution in [3.8, 4) is 0 Å². The monoisotopic (exact) mass is 841 g/mol. The van der Waals surface area contributed by atoms with Gasteiger partial charge in [0, 0.05) is 12.8 Å². The fourth-order valence-corrected chi connectivity index (χ4v) is 7.17. The number of rotatable bonds is 43. The summed E-state index contributed by atoms with van der Waals surface area (Å²) in [5.74, 6) is -0.802. The van der Waals surface area contributed by atoms with Gasteiger partial charge in [-0.05, 0) is 51.4 Å². The maximum absolute atomic E-state index is 12.7. The Morgan fingerprint density at radius 2 is 0.931 bits per heavy atom. The number of unbranched alkanes of at least 4 members (excludes halogenated alkanes) is 23.